The Morgan fingerprint density at radius 2 is 2.21 bits per heavy atom. The topological polar surface area (TPSA) is 32.5 Å². The van der Waals surface area contributed by atoms with Crippen LogP contribution in [0.4, 0.5) is 0 Å². The molecule has 1 saturated heterocycles. The third-order valence-corrected chi connectivity index (χ3v) is 4.30. The Morgan fingerprint density at radius 1 is 1.42 bits per heavy atom. The molecule has 0 saturated carbocycles. The van der Waals surface area contributed by atoms with E-state index in [1.165, 1.54) is 5.56 Å². The number of halogens is 1. The SMILES string of the molecule is CCN1CCN(C(CN)c2cccc(Cl)c2)C(C)C1. The molecular weight excluding hydrogens is 258 g/mol. The van der Waals surface area contributed by atoms with Gasteiger partial charge in [-0.15, -0.1) is 0 Å². The molecule has 0 spiro atoms. The fraction of sp³-hybridized carbons (Fsp3) is 0.600. The van der Waals surface area contributed by atoms with Crippen LogP contribution in [0, 0.1) is 0 Å². The lowest BCUT2D eigenvalue weighted by Crippen LogP contribution is -2.53. The van der Waals surface area contributed by atoms with Crippen molar-refractivity contribution in [1.29, 1.82) is 0 Å². The normalized spacial score (nSPS) is 23.5. The maximum Gasteiger partial charge on any atom is 0.0474 e. The number of nitrogens with zero attached hydrogens (tertiary/aromatic N) is 2. The van der Waals surface area contributed by atoms with E-state index < -0.39 is 0 Å². The maximum absolute atomic E-state index is 6.10. The van der Waals surface area contributed by atoms with E-state index in [0.717, 1.165) is 31.2 Å². The van der Waals surface area contributed by atoms with Gasteiger partial charge >= 0.3 is 0 Å². The number of hydrogen-bond donors (Lipinski definition) is 1. The molecule has 1 heterocycles. The monoisotopic (exact) mass is 281 g/mol. The zero-order valence-corrected chi connectivity index (χ0v) is 12.6. The van der Waals surface area contributed by atoms with Crippen LogP contribution < -0.4 is 5.73 Å². The van der Waals surface area contributed by atoms with Gasteiger partial charge in [0.05, 0.1) is 0 Å². The molecule has 19 heavy (non-hydrogen) atoms. The van der Waals surface area contributed by atoms with Crippen molar-refractivity contribution in [2.75, 3.05) is 32.7 Å². The fourth-order valence-corrected chi connectivity index (χ4v) is 3.17. The van der Waals surface area contributed by atoms with Crippen molar-refractivity contribution in [3.05, 3.63) is 34.9 Å². The number of benzene rings is 1. The summed E-state index contributed by atoms with van der Waals surface area (Å²) in [5.74, 6) is 0. The van der Waals surface area contributed by atoms with Gasteiger partial charge < -0.3 is 10.6 Å². The minimum atomic E-state index is 0.271. The molecule has 1 aromatic rings. The Hall–Kier alpha value is -0.610. The van der Waals surface area contributed by atoms with Crippen molar-refractivity contribution in [1.82, 2.24) is 9.80 Å². The number of nitrogens with two attached hydrogens (primary N) is 1. The molecule has 2 unspecified atom stereocenters. The van der Waals surface area contributed by atoms with Crippen LogP contribution in [0.1, 0.15) is 25.5 Å². The summed E-state index contributed by atoms with van der Waals surface area (Å²) in [6, 6.07) is 8.89. The van der Waals surface area contributed by atoms with Crippen molar-refractivity contribution >= 4 is 11.6 Å². The quantitative estimate of drug-likeness (QED) is 0.920. The summed E-state index contributed by atoms with van der Waals surface area (Å²) < 4.78 is 0. The van der Waals surface area contributed by atoms with Gasteiger partial charge in [0, 0.05) is 43.3 Å². The van der Waals surface area contributed by atoms with E-state index in [-0.39, 0.29) is 6.04 Å². The second-order valence-corrected chi connectivity index (χ2v) is 5.72. The lowest BCUT2D eigenvalue weighted by Gasteiger charge is -2.43. The zero-order chi connectivity index (χ0) is 13.8. The van der Waals surface area contributed by atoms with Gasteiger partial charge in [-0.1, -0.05) is 30.7 Å². The Morgan fingerprint density at radius 3 is 2.79 bits per heavy atom. The molecule has 1 aliphatic heterocycles. The summed E-state index contributed by atoms with van der Waals surface area (Å²) in [4.78, 5) is 5.00. The summed E-state index contributed by atoms with van der Waals surface area (Å²) in [5.41, 5.74) is 7.25. The van der Waals surface area contributed by atoms with Crippen molar-refractivity contribution in [3.8, 4) is 0 Å². The van der Waals surface area contributed by atoms with Gasteiger partial charge in [-0.2, -0.15) is 0 Å². The molecule has 2 N–H and O–H groups in total. The van der Waals surface area contributed by atoms with Crippen LogP contribution in [0.2, 0.25) is 5.02 Å². The molecule has 2 atom stereocenters. The van der Waals surface area contributed by atoms with Gasteiger partial charge in [0.25, 0.3) is 0 Å². The predicted octanol–water partition coefficient (Wildman–Crippen LogP) is 2.37. The Kier molecular flexibility index (Phi) is 5.22. The molecule has 4 heteroatoms. The fourth-order valence-electron chi connectivity index (χ4n) is 2.97. The van der Waals surface area contributed by atoms with Crippen LogP contribution in [-0.4, -0.2) is 48.6 Å². The number of piperazine rings is 1. The van der Waals surface area contributed by atoms with Crippen molar-refractivity contribution < 1.29 is 0 Å². The third-order valence-electron chi connectivity index (χ3n) is 4.07. The Balaban J connectivity index is 2.14. The first-order chi connectivity index (χ1) is 9.15. The molecule has 0 aliphatic carbocycles. The highest BCUT2D eigenvalue weighted by molar-refractivity contribution is 6.30. The van der Waals surface area contributed by atoms with Crippen molar-refractivity contribution in [3.63, 3.8) is 0 Å². The van der Waals surface area contributed by atoms with E-state index >= 15 is 0 Å². The summed E-state index contributed by atoms with van der Waals surface area (Å²) in [6.07, 6.45) is 0. The van der Waals surface area contributed by atoms with Crippen LogP contribution in [0.5, 0.6) is 0 Å². The molecule has 3 nitrogen and oxygen atoms in total. The number of hydrogen-bond acceptors (Lipinski definition) is 3. The molecular formula is C15H24ClN3. The number of rotatable bonds is 4. The van der Waals surface area contributed by atoms with Gasteiger partial charge in [-0.3, -0.25) is 4.90 Å². The van der Waals surface area contributed by atoms with Crippen LogP contribution in [-0.2, 0) is 0 Å². The third kappa shape index (κ3) is 3.48. The average Bonchev–Trinajstić information content (AvgIpc) is 2.41. The van der Waals surface area contributed by atoms with E-state index in [0.29, 0.717) is 12.6 Å². The molecule has 106 valence electrons. The van der Waals surface area contributed by atoms with Gasteiger partial charge in [0.15, 0.2) is 0 Å². The average molecular weight is 282 g/mol. The van der Waals surface area contributed by atoms with Gasteiger partial charge in [-0.05, 0) is 31.2 Å². The molecule has 0 bridgehead atoms. The van der Waals surface area contributed by atoms with E-state index in [2.05, 4.69) is 29.7 Å². The first-order valence-electron chi connectivity index (χ1n) is 7.09. The van der Waals surface area contributed by atoms with Gasteiger partial charge in [0.1, 0.15) is 0 Å². The molecule has 0 aromatic heterocycles. The summed E-state index contributed by atoms with van der Waals surface area (Å²) in [6.45, 7) is 9.59. The van der Waals surface area contributed by atoms with Crippen LogP contribution in [0.3, 0.4) is 0 Å². The van der Waals surface area contributed by atoms with E-state index in [1.807, 2.05) is 18.2 Å². The second-order valence-electron chi connectivity index (χ2n) is 5.29. The van der Waals surface area contributed by atoms with E-state index in [9.17, 15) is 0 Å². The molecule has 0 amide bonds. The Labute approximate surface area is 121 Å². The predicted molar refractivity (Wildman–Crippen MR) is 81.5 cm³/mol. The molecule has 0 radical (unpaired) electrons. The van der Waals surface area contributed by atoms with E-state index in [4.69, 9.17) is 17.3 Å². The van der Waals surface area contributed by atoms with Crippen molar-refractivity contribution in [2.45, 2.75) is 25.9 Å². The standard InChI is InChI=1S/C15H24ClN3/c1-3-18-7-8-19(12(2)11-18)15(10-17)13-5-4-6-14(16)9-13/h4-6,9,12,15H,3,7-8,10-11,17H2,1-2H3. The summed E-state index contributed by atoms with van der Waals surface area (Å²) in [7, 11) is 0. The lowest BCUT2D eigenvalue weighted by atomic mass is 10.0. The highest BCUT2D eigenvalue weighted by Crippen LogP contribution is 2.26. The molecule has 1 aliphatic rings. The summed E-state index contributed by atoms with van der Waals surface area (Å²) in [5, 5.41) is 0.788. The maximum atomic E-state index is 6.10. The highest BCUT2D eigenvalue weighted by Gasteiger charge is 2.28. The van der Waals surface area contributed by atoms with Gasteiger partial charge in [0.2, 0.25) is 0 Å². The van der Waals surface area contributed by atoms with Crippen LogP contribution in [0.15, 0.2) is 24.3 Å². The highest BCUT2D eigenvalue weighted by atomic mass is 35.5. The number of likely N-dealkylation sites (N-methyl/N-ethyl adjacent to an activating group) is 1. The minimum Gasteiger partial charge on any atom is -0.329 e. The van der Waals surface area contributed by atoms with Crippen LogP contribution >= 0.6 is 11.6 Å². The van der Waals surface area contributed by atoms with Crippen molar-refractivity contribution in [2.24, 2.45) is 5.73 Å². The zero-order valence-electron chi connectivity index (χ0n) is 11.8. The second kappa shape index (κ2) is 6.71. The Bertz CT molecular complexity index is 410. The molecule has 1 fully saturated rings. The summed E-state index contributed by atoms with van der Waals surface area (Å²) >= 11 is 6.10. The largest absolute Gasteiger partial charge is 0.329 e. The smallest absolute Gasteiger partial charge is 0.0474 e. The van der Waals surface area contributed by atoms with E-state index in [1.54, 1.807) is 0 Å². The molecule has 2 rings (SSSR count). The van der Waals surface area contributed by atoms with Gasteiger partial charge in [-0.25, -0.2) is 0 Å². The first-order valence-corrected chi connectivity index (χ1v) is 7.47. The minimum absolute atomic E-state index is 0.271. The molecule has 1 aromatic carbocycles. The van der Waals surface area contributed by atoms with Crippen LogP contribution in [0.25, 0.3) is 0 Å². The first kappa shape index (κ1) is 14.8. The lowest BCUT2D eigenvalue weighted by molar-refractivity contribution is 0.0536.